The van der Waals surface area contributed by atoms with Crippen molar-refractivity contribution in [3.05, 3.63) is 82.9 Å². The average molecular weight is 472 g/mol. The second-order valence-corrected chi connectivity index (χ2v) is 9.23. The zero-order valence-corrected chi connectivity index (χ0v) is 20.1. The van der Waals surface area contributed by atoms with Crippen LogP contribution in [0.15, 0.2) is 60.7 Å². The summed E-state index contributed by atoms with van der Waals surface area (Å²) in [5, 5.41) is 2.83. The van der Waals surface area contributed by atoms with Gasteiger partial charge in [-0.1, -0.05) is 36.4 Å². The Balaban J connectivity index is 1.31. The third kappa shape index (κ3) is 4.66. The quantitative estimate of drug-likeness (QED) is 0.462. The van der Waals surface area contributed by atoms with Gasteiger partial charge in [0.05, 0.1) is 12.0 Å². The number of nitrogens with one attached hydrogen (secondary N) is 1. The van der Waals surface area contributed by atoms with Crippen LogP contribution < -0.4 is 14.8 Å². The largest absolute Gasteiger partial charge is 0.454 e. The first kappa shape index (κ1) is 23.1. The molecule has 1 N–H and O–H groups in total. The number of Topliss-reactive ketones (excluding diaryl/α,β-unsaturated/α-hetero) is 1. The smallest absolute Gasteiger partial charge is 0.251 e. The summed E-state index contributed by atoms with van der Waals surface area (Å²) < 4.78 is 15.9. The van der Waals surface area contributed by atoms with E-state index < -0.39 is 5.41 Å². The van der Waals surface area contributed by atoms with Gasteiger partial charge in [0.2, 0.25) is 6.79 Å². The maximum Gasteiger partial charge on any atom is 0.251 e. The Hall–Kier alpha value is -3.64. The molecule has 5 rings (SSSR count). The van der Waals surface area contributed by atoms with E-state index >= 15 is 0 Å². The topological polar surface area (TPSA) is 73.9 Å². The highest BCUT2D eigenvalue weighted by molar-refractivity contribution is 5.95. The molecule has 1 amide bonds. The summed E-state index contributed by atoms with van der Waals surface area (Å²) in [6.45, 7) is 3.23. The van der Waals surface area contributed by atoms with Crippen LogP contribution in [0.5, 0.6) is 11.5 Å². The highest BCUT2D eigenvalue weighted by Crippen LogP contribution is 2.51. The number of ketones is 1. The summed E-state index contributed by atoms with van der Waals surface area (Å²) in [5.74, 6) is 1.56. The van der Waals surface area contributed by atoms with Crippen LogP contribution in [0.25, 0.3) is 11.1 Å². The second-order valence-electron chi connectivity index (χ2n) is 9.23. The number of hydrogen-bond donors (Lipinski definition) is 1. The van der Waals surface area contributed by atoms with Gasteiger partial charge in [-0.25, -0.2) is 0 Å². The van der Waals surface area contributed by atoms with Crippen molar-refractivity contribution < 1.29 is 23.8 Å². The number of fused-ring (bicyclic) bond motifs is 1. The van der Waals surface area contributed by atoms with Gasteiger partial charge in [-0.15, -0.1) is 0 Å². The lowest BCUT2D eigenvalue weighted by Crippen LogP contribution is -2.26. The lowest BCUT2D eigenvalue weighted by Gasteiger charge is -2.16. The van der Waals surface area contributed by atoms with Gasteiger partial charge in [-0.2, -0.15) is 0 Å². The molecule has 1 aliphatic carbocycles. The van der Waals surface area contributed by atoms with Crippen LogP contribution in [0.3, 0.4) is 0 Å². The van der Waals surface area contributed by atoms with Crippen LogP contribution in [0.4, 0.5) is 0 Å². The van der Waals surface area contributed by atoms with Gasteiger partial charge in [0.15, 0.2) is 11.5 Å². The van der Waals surface area contributed by atoms with E-state index in [0.29, 0.717) is 25.1 Å². The number of carbonyl (C=O) groups is 2. The van der Waals surface area contributed by atoms with Crippen LogP contribution in [0.1, 0.15) is 39.9 Å². The van der Waals surface area contributed by atoms with Gasteiger partial charge in [0, 0.05) is 25.6 Å². The Kier molecular flexibility index (Phi) is 6.31. The second kappa shape index (κ2) is 9.55. The van der Waals surface area contributed by atoms with Crippen molar-refractivity contribution in [2.45, 2.75) is 31.6 Å². The van der Waals surface area contributed by atoms with Crippen molar-refractivity contribution in [1.82, 2.24) is 5.32 Å². The number of benzene rings is 3. The Morgan fingerprint density at radius 1 is 0.971 bits per heavy atom. The molecule has 3 aromatic rings. The fourth-order valence-electron chi connectivity index (χ4n) is 4.66. The molecule has 35 heavy (non-hydrogen) atoms. The van der Waals surface area contributed by atoms with Crippen LogP contribution in [0, 0.1) is 6.92 Å². The van der Waals surface area contributed by atoms with Crippen molar-refractivity contribution in [2.24, 2.45) is 0 Å². The molecule has 6 nitrogen and oxygen atoms in total. The number of hydrogen-bond acceptors (Lipinski definition) is 5. The van der Waals surface area contributed by atoms with Gasteiger partial charge in [0.25, 0.3) is 5.91 Å². The van der Waals surface area contributed by atoms with Crippen LogP contribution in [-0.4, -0.2) is 38.7 Å². The number of carbonyl (C=O) groups excluding carboxylic acids is 2. The SMILES string of the molecule is COCCNC(=O)c1ccc(-c2cc(CC(=O)C3(c4ccc5c(c4)OCO5)CC3)ccc2C)cc1. The van der Waals surface area contributed by atoms with Crippen molar-refractivity contribution in [3.8, 4) is 22.6 Å². The minimum Gasteiger partial charge on any atom is -0.454 e. The first-order valence-electron chi connectivity index (χ1n) is 11.9. The lowest BCUT2D eigenvalue weighted by atomic mass is 9.87. The molecular formula is C29H29NO5. The zero-order chi connectivity index (χ0) is 24.4. The molecular weight excluding hydrogens is 442 g/mol. The van der Waals surface area contributed by atoms with E-state index in [1.807, 2.05) is 48.5 Å². The fourth-order valence-corrected chi connectivity index (χ4v) is 4.66. The standard InChI is InChI=1S/C29H29NO5/c1-19-3-4-20(15-24(19)21-5-7-22(8-6-21)28(32)30-13-14-33-2)16-27(31)29(11-12-29)23-9-10-25-26(17-23)35-18-34-25/h3-10,15,17H,11-14,16,18H2,1-2H3,(H,30,32). The van der Waals surface area contributed by atoms with Crippen molar-refractivity contribution in [3.63, 3.8) is 0 Å². The molecule has 180 valence electrons. The minimum atomic E-state index is -0.427. The van der Waals surface area contributed by atoms with Crippen LogP contribution in [0.2, 0.25) is 0 Å². The normalized spacial score (nSPS) is 15.0. The third-order valence-electron chi connectivity index (χ3n) is 6.93. The van der Waals surface area contributed by atoms with Gasteiger partial charge < -0.3 is 19.5 Å². The van der Waals surface area contributed by atoms with Gasteiger partial charge in [-0.05, 0) is 71.8 Å². The van der Waals surface area contributed by atoms with Crippen molar-refractivity contribution >= 4 is 11.7 Å². The van der Waals surface area contributed by atoms with Crippen LogP contribution in [-0.2, 0) is 21.4 Å². The summed E-state index contributed by atoms with van der Waals surface area (Å²) in [6, 6.07) is 19.6. The molecule has 0 atom stereocenters. The molecule has 0 aromatic heterocycles. The van der Waals surface area contributed by atoms with Crippen LogP contribution >= 0.6 is 0 Å². The molecule has 3 aromatic carbocycles. The van der Waals surface area contributed by atoms with Crippen molar-refractivity contribution in [2.75, 3.05) is 27.1 Å². The number of amides is 1. The van der Waals surface area contributed by atoms with Gasteiger partial charge in [-0.3, -0.25) is 9.59 Å². The number of ether oxygens (including phenoxy) is 3. The molecule has 0 bridgehead atoms. The molecule has 6 heteroatoms. The number of methoxy groups -OCH3 is 1. The predicted molar refractivity (Wildman–Crippen MR) is 133 cm³/mol. The number of aryl methyl sites for hydroxylation is 1. The first-order chi connectivity index (χ1) is 17.0. The van der Waals surface area contributed by atoms with E-state index in [2.05, 4.69) is 24.4 Å². The van der Waals surface area contributed by atoms with E-state index in [4.69, 9.17) is 14.2 Å². The Bertz CT molecular complexity index is 1260. The maximum atomic E-state index is 13.4. The van der Waals surface area contributed by atoms with E-state index in [1.165, 1.54) is 0 Å². The summed E-state index contributed by atoms with van der Waals surface area (Å²) in [6.07, 6.45) is 2.10. The summed E-state index contributed by atoms with van der Waals surface area (Å²) in [5.41, 5.74) is 5.38. The molecule has 0 spiro atoms. The molecule has 1 heterocycles. The summed E-state index contributed by atoms with van der Waals surface area (Å²) in [7, 11) is 1.60. The molecule has 1 saturated carbocycles. The molecule has 0 saturated heterocycles. The molecule has 2 aliphatic rings. The zero-order valence-electron chi connectivity index (χ0n) is 20.1. The Labute approximate surface area is 205 Å². The van der Waals surface area contributed by atoms with E-state index in [-0.39, 0.29) is 18.5 Å². The molecule has 0 unspecified atom stereocenters. The summed E-state index contributed by atoms with van der Waals surface area (Å²) in [4.78, 5) is 25.7. The van der Waals surface area contributed by atoms with Crippen molar-refractivity contribution in [1.29, 1.82) is 0 Å². The molecule has 1 fully saturated rings. The number of rotatable bonds is 9. The predicted octanol–water partition coefficient (Wildman–Crippen LogP) is 4.61. The Morgan fingerprint density at radius 2 is 1.74 bits per heavy atom. The highest BCUT2D eigenvalue weighted by Gasteiger charge is 2.50. The van der Waals surface area contributed by atoms with E-state index in [1.54, 1.807) is 7.11 Å². The van der Waals surface area contributed by atoms with E-state index in [9.17, 15) is 9.59 Å². The average Bonchev–Trinajstić information content (AvgIpc) is 3.56. The maximum absolute atomic E-state index is 13.4. The van der Waals surface area contributed by atoms with Gasteiger partial charge in [0.1, 0.15) is 5.78 Å². The van der Waals surface area contributed by atoms with Gasteiger partial charge >= 0.3 is 0 Å². The monoisotopic (exact) mass is 471 g/mol. The molecule has 0 radical (unpaired) electrons. The summed E-state index contributed by atoms with van der Waals surface area (Å²) >= 11 is 0. The third-order valence-corrected chi connectivity index (χ3v) is 6.93. The highest BCUT2D eigenvalue weighted by atomic mass is 16.7. The first-order valence-corrected chi connectivity index (χ1v) is 11.9. The van der Waals surface area contributed by atoms with E-state index in [0.717, 1.165) is 52.2 Å². The fraction of sp³-hybridized carbons (Fsp3) is 0.310. The lowest BCUT2D eigenvalue weighted by molar-refractivity contribution is -0.120. The minimum absolute atomic E-state index is 0.122. The molecule has 1 aliphatic heterocycles. The Morgan fingerprint density at radius 3 is 2.49 bits per heavy atom.